The van der Waals surface area contributed by atoms with Gasteiger partial charge in [0.25, 0.3) is 0 Å². The molecule has 0 unspecified atom stereocenters. The first-order chi connectivity index (χ1) is 4.84. The number of thioether (sulfide) groups is 1. The highest BCUT2D eigenvalue weighted by molar-refractivity contribution is 8.02. The van der Waals surface area contributed by atoms with E-state index in [0.717, 1.165) is 13.0 Å². The predicted octanol–water partition coefficient (Wildman–Crippen LogP) is 1.44. The number of rotatable bonds is 2. The van der Waals surface area contributed by atoms with E-state index in [1.165, 1.54) is 0 Å². The van der Waals surface area contributed by atoms with Gasteiger partial charge in [-0.1, -0.05) is 6.92 Å². The SMILES string of the molecule is CCCN1C=CSCC1=O. The van der Waals surface area contributed by atoms with Crippen molar-refractivity contribution in [1.82, 2.24) is 4.90 Å². The Bertz CT molecular complexity index is 156. The minimum absolute atomic E-state index is 0.231. The Labute approximate surface area is 65.3 Å². The lowest BCUT2D eigenvalue weighted by Crippen LogP contribution is -2.29. The molecule has 1 aliphatic rings. The molecule has 0 aliphatic carbocycles. The van der Waals surface area contributed by atoms with Crippen LogP contribution in [0.3, 0.4) is 0 Å². The van der Waals surface area contributed by atoms with Crippen LogP contribution in [0.5, 0.6) is 0 Å². The van der Waals surface area contributed by atoms with Crippen molar-refractivity contribution in [3.8, 4) is 0 Å². The normalized spacial score (nSPS) is 18.1. The summed E-state index contributed by atoms with van der Waals surface area (Å²) in [4.78, 5) is 12.8. The average Bonchev–Trinajstić information content (AvgIpc) is 1.94. The molecule has 1 heterocycles. The molecule has 1 amide bonds. The van der Waals surface area contributed by atoms with E-state index in [9.17, 15) is 4.79 Å². The number of hydrogen-bond donors (Lipinski definition) is 0. The topological polar surface area (TPSA) is 20.3 Å². The molecule has 0 atom stereocenters. The lowest BCUT2D eigenvalue weighted by molar-refractivity contribution is -0.125. The van der Waals surface area contributed by atoms with Crippen molar-refractivity contribution in [3.63, 3.8) is 0 Å². The Morgan fingerprint density at radius 2 is 2.60 bits per heavy atom. The molecule has 3 heteroatoms. The van der Waals surface area contributed by atoms with Crippen molar-refractivity contribution >= 4 is 17.7 Å². The van der Waals surface area contributed by atoms with Crippen LogP contribution >= 0.6 is 11.8 Å². The molecule has 0 spiro atoms. The standard InChI is InChI=1S/C7H11NOS/c1-2-3-8-4-5-10-6-7(8)9/h4-5H,2-3,6H2,1H3. The van der Waals surface area contributed by atoms with E-state index >= 15 is 0 Å². The number of carbonyl (C=O) groups excluding carboxylic acids is 1. The second kappa shape index (κ2) is 3.66. The average molecular weight is 157 g/mol. The molecule has 0 saturated carbocycles. The second-order valence-corrected chi connectivity index (χ2v) is 3.08. The lowest BCUT2D eigenvalue weighted by Gasteiger charge is -2.19. The molecule has 0 aromatic carbocycles. The minimum Gasteiger partial charge on any atom is -0.318 e. The van der Waals surface area contributed by atoms with Gasteiger partial charge in [0, 0.05) is 12.7 Å². The van der Waals surface area contributed by atoms with E-state index in [1.807, 2.05) is 11.6 Å². The molecule has 0 N–H and O–H groups in total. The maximum Gasteiger partial charge on any atom is 0.236 e. The van der Waals surface area contributed by atoms with Crippen LogP contribution in [0.2, 0.25) is 0 Å². The molecule has 0 fully saturated rings. The van der Waals surface area contributed by atoms with Crippen LogP contribution in [0.25, 0.3) is 0 Å². The molecule has 0 aromatic heterocycles. The van der Waals surface area contributed by atoms with Crippen molar-refractivity contribution < 1.29 is 4.79 Å². The van der Waals surface area contributed by atoms with Gasteiger partial charge >= 0.3 is 0 Å². The zero-order chi connectivity index (χ0) is 7.40. The summed E-state index contributed by atoms with van der Waals surface area (Å²) in [6.45, 7) is 2.93. The van der Waals surface area contributed by atoms with Crippen molar-refractivity contribution in [1.29, 1.82) is 0 Å². The highest BCUT2D eigenvalue weighted by Crippen LogP contribution is 2.11. The zero-order valence-electron chi connectivity index (χ0n) is 6.04. The molecular weight excluding hydrogens is 146 g/mol. The summed E-state index contributed by atoms with van der Waals surface area (Å²) < 4.78 is 0. The molecule has 56 valence electrons. The molecular formula is C7H11NOS. The summed E-state index contributed by atoms with van der Waals surface area (Å²) in [7, 11) is 0. The highest BCUT2D eigenvalue weighted by atomic mass is 32.2. The van der Waals surface area contributed by atoms with Gasteiger partial charge in [-0.15, -0.1) is 11.8 Å². The molecule has 0 bridgehead atoms. The third kappa shape index (κ3) is 1.77. The Morgan fingerprint density at radius 3 is 3.20 bits per heavy atom. The second-order valence-electron chi connectivity index (χ2n) is 2.18. The molecule has 2 nitrogen and oxygen atoms in total. The fraction of sp³-hybridized carbons (Fsp3) is 0.571. The fourth-order valence-electron chi connectivity index (χ4n) is 0.842. The van der Waals surface area contributed by atoms with Crippen LogP contribution in [-0.4, -0.2) is 23.1 Å². The molecule has 1 rings (SSSR count). The summed E-state index contributed by atoms with van der Waals surface area (Å²) in [5.41, 5.74) is 0. The fourth-order valence-corrected chi connectivity index (χ4v) is 1.48. The summed E-state index contributed by atoms with van der Waals surface area (Å²) in [6, 6.07) is 0. The summed E-state index contributed by atoms with van der Waals surface area (Å²) in [6.07, 6.45) is 2.89. The number of hydrogen-bond acceptors (Lipinski definition) is 2. The van der Waals surface area contributed by atoms with E-state index in [-0.39, 0.29) is 5.91 Å². The molecule has 0 saturated heterocycles. The highest BCUT2D eigenvalue weighted by Gasteiger charge is 2.11. The number of nitrogens with zero attached hydrogens (tertiary/aromatic N) is 1. The number of amides is 1. The molecule has 0 radical (unpaired) electrons. The van der Waals surface area contributed by atoms with Crippen LogP contribution in [0.4, 0.5) is 0 Å². The predicted molar refractivity (Wildman–Crippen MR) is 43.6 cm³/mol. The van der Waals surface area contributed by atoms with Gasteiger partial charge in [-0.3, -0.25) is 4.79 Å². The van der Waals surface area contributed by atoms with Gasteiger partial charge in [-0.05, 0) is 11.8 Å². The quantitative estimate of drug-likeness (QED) is 0.604. The van der Waals surface area contributed by atoms with Gasteiger partial charge in [0.05, 0.1) is 5.75 Å². The molecule has 1 aliphatic heterocycles. The Hall–Kier alpha value is -0.440. The van der Waals surface area contributed by atoms with Gasteiger partial charge in [-0.2, -0.15) is 0 Å². The van der Waals surface area contributed by atoms with E-state index < -0.39 is 0 Å². The van der Waals surface area contributed by atoms with Crippen LogP contribution in [0.15, 0.2) is 11.6 Å². The van der Waals surface area contributed by atoms with Crippen LogP contribution < -0.4 is 0 Å². The first kappa shape index (κ1) is 7.66. The van der Waals surface area contributed by atoms with Crippen molar-refractivity contribution in [2.45, 2.75) is 13.3 Å². The number of carbonyl (C=O) groups is 1. The van der Waals surface area contributed by atoms with Crippen molar-refractivity contribution in [3.05, 3.63) is 11.6 Å². The first-order valence-electron chi connectivity index (χ1n) is 3.42. The van der Waals surface area contributed by atoms with Gasteiger partial charge in [-0.25, -0.2) is 0 Å². The Kier molecular flexibility index (Phi) is 2.81. The van der Waals surface area contributed by atoms with Gasteiger partial charge in [0.15, 0.2) is 0 Å². The summed E-state index contributed by atoms with van der Waals surface area (Å²) >= 11 is 1.56. The van der Waals surface area contributed by atoms with Crippen LogP contribution in [0, 0.1) is 0 Å². The summed E-state index contributed by atoms with van der Waals surface area (Å²) in [5, 5.41) is 1.97. The van der Waals surface area contributed by atoms with Crippen molar-refractivity contribution in [2.24, 2.45) is 0 Å². The Balaban J connectivity index is 2.47. The van der Waals surface area contributed by atoms with Gasteiger partial charge in [0.2, 0.25) is 5.91 Å². The lowest BCUT2D eigenvalue weighted by atomic mass is 10.4. The third-order valence-electron chi connectivity index (χ3n) is 1.33. The maximum atomic E-state index is 11.0. The Morgan fingerprint density at radius 1 is 1.80 bits per heavy atom. The van der Waals surface area contributed by atoms with E-state index in [4.69, 9.17) is 0 Å². The zero-order valence-corrected chi connectivity index (χ0v) is 6.86. The molecule has 0 aromatic rings. The third-order valence-corrected chi connectivity index (χ3v) is 2.06. The monoisotopic (exact) mass is 157 g/mol. The van der Waals surface area contributed by atoms with Crippen LogP contribution in [-0.2, 0) is 4.79 Å². The maximum absolute atomic E-state index is 11.0. The van der Waals surface area contributed by atoms with Gasteiger partial charge in [0.1, 0.15) is 0 Å². The smallest absolute Gasteiger partial charge is 0.236 e. The first-order valence-corrected chi connectivity index (χ1v) is 4.47. The summed E-state index contributed by atoms with van der Waals surface area (Å²) in [5.74, 6) is 0.839. The largest absolute Gasteiger partial charge is 0.318 e. The van der Waals surface area contributed by atoms with Crippen molar-refractivity contribution in [2.75, 3.05) is 12.3 Å². The minimum atomic E-state index is 0.231. The van der Waals surface area contributed by atoms with E-state index in [1.54, 1.807) is 16.7 Å². The van der Waals surface area contributed by atoms with Gasteiger partial charge < -0.3 is 4.90 Å². The van der Waals surface area contributed by atoms with E-state index in [2.05, 4.69) is 6.92 Å². The van der Waals surface area contributed by atoms with E-state index in [0.29, 0.717) is 5.75 Å². The van der Waals surface area contributed by atoms with Crippen LogP contribution in [0.1, 0.15) is 13.3 Å². The molecule has 10 heavy (non-hydrogen) atoms.